The van der Waals surface area contributed by atoms with Crippen LogP contribution in [0.5, 0.6) is 0 Å². The number of fused-ring (bicyclic) bond motifs is 4. The number of ether oxygens (including phenoxy) is 6. The van der Waals surface area contributed by atoms with E-state index >= 15 is 0 Å². The van der Waals surface area contributed by atoms with E-state index in [1.807, 2.05) is 26.0 Å². The predicted octanol–water partition coefficient (Wildman–Crippen LogP) is 7.68. The van der Waals surface area contributed by atoms with Gasteiger partial charge in [-0.15, -0.1) is 11.3 Å². The predicted molar refractivity (Wildman–Crippen MR) is 193 cm³/mol. The van der Waals surface area contributed by atoms with Crippen molar-refractivity contribution in [3.05, 3.63) is 21.9 Å². The summed E-state index contributed by atoms with van der Waals surface area (Å²) in [6, 6.07) is 4.07. The molecule has 8 aliphatic heterocycles. The van der Waals surface area contributed by atoms with Crippen LogP contribution in [0, 0.1) is 71.0 Å². The molecule has 11 rings (SSSR count). The van der Waals surface area contributed by atoms with Crippen molar-refractivity contribution in [2.45, 2.75) is 154 Å². The molecule has 4 bridgehead atoms. The average molecular weight is 753 g/mol. The Labute approximate surface area is 318 Å². The van der Waals surface area contributed by atoms with E-state index in [1.54, 1.807) is 11.3 Å². The topological polar surface area (TPSA) is 92.3 Å². The maximum absolute atomic E-state index is 6.54. The maximum atomic E-state index is 6.54. The maximum Gasteiger partial charge on any atom is 0.201 e. The van der Waals surface area contributed by atoms with E-state index in [1.165, 1.54) is 12.8 Å². The van der Waals surface area contributed by atoms with Gasteiger partial charge in [0.05, 0.1) is 23.0 Å². The van der Waals surface area contributed by atoms with Crippen molar-refractivity contribution in [2.75, 3.05) is 13.2 Å². The minimum Gasteiger partial charge on any atom is -0.351 e. The molecule has 53 heavy (non-hydrogen) atoms. The Morgan fingerprint density at radius 2 is 1.08 bits per heavy atom. The van der Waals surface area contributed by atoms with E-state index in [0.717, 1.165) is 48.3 Å². The first-order valence-electron chi connectivity index (χ1n) is 20.2. The van der Waals surface area contributed by atoms with Crippen LogP contribution in [-0.4, -0.2) is 61.2 Å². The number of rotatable bonds is 6. The van der Waals surface area contributed by atoms with Crippen LogP contribution in [0.25, 0.3) is 0 Å². The van der Waals surface area contributed by atoms with Gasteiger partial charge in [-0.05, 0) is 88.2 Å². The van der Waals surface area contributed by atoms with Gasteiger partial charge in [0.15, 0.2) is 36.4 Å². The fourth-order valence-corrected chi connectivity index (χ4v) is 12.1. The zero-order valence-electron chi connectivity index (χ0n) is 32.1. The molecule has 2 aliphatic carbocycles. The van der Waals surface area contributed by atoms with Crippen molar-refractivity contribution in [2.24, 2.45) is 47.3 Å². The minimum absolute atomic E-state index is 0.154. The summed E-state index contributed by atoms with van der Waals surface area (Å²) >= 11 is 1.60. The van der Waals surface area contributed by atoms with E-state index in [4.69, 9.17) is 48.0 Å². The van der Waals surface area contributed by atoms with Crippen LogP contribution in [-0.2, 0) is 48.0 Å². The van der Waals surface area contributed by atoms with Crippen LogP contribution in [0.15, 0.2) is 12.1 Å². The summed E-state index contributed by atoms with van der Waals surface area (Å²) in [7, 11) is 0. The van der Waals surface area contributed by atoms with E-state index in [-0.39, 0.29) is 36.3 Å². The van der Waals surface area contributed by atoms with E-state index in [0.29, 0.717) is 49.7 Å². The Bertz CT molecular complexity index is 1530. The lowest BCUT2D eigenvalue weighted by Gasteiger charge is -2.60. The van der Waals surface area contributed by atoms with Gasteiger partial charge in [-0.1, -0.05) is 51.4 Å². The molecule has 2 spiro atoms. The normalized spacial score (nSPS) is 49.3. The third-order valence-electron chi connectivity index (χ3n) is 14.2. The molecular formula is C42H56O10S. The molecule has 16 atom stereocenters. The highest BCUT2D eigenvalue weighted by atomic mass is 32.1. The van der Waals surface area contributed by atoms with Gasteiger partial charge in [0.2, 0.25) is 11.6 Å². The van der Waals surface area contributed by atoms with Crippen molar-refractivity contribution in [3.8, 4) is 23.7 Å². The van der Waals surface area contributed by atoms with Crippen LogP contribution in [0.4, 0.5) is 0 Å². The molecule has 2 unspecified atom stereocenters. The summed E-state index contributed by atoms with van der Waals surface area (Å²) in [5, 5.41) is 0. The van der Waals surface area contributed by atoms with Gasteiger partial charge >= 0.3 is 0 Å². The summed E-state index contributed by atoms with van der Waals surface area (Å²) in [4.78, 5) is 26.3. The van der Waals surface area contributed by atoms with E-state index in [9.17, 15) is 0 Å². The standard InChI is InChI=1S/C42H56O10S/c1-25-13-17-33-27(3)35(45-37-41(33)31(25)19-21-39(5,47-37)49-51-41)43-23-9-7-11-29-15-16-30(53-29)12-8-10-24-44-36-28(4)34-18-14-26(2)32-20-22-40(6)48-38(46-36)42(32,34)52-50-40/h15-16,25-28,31-38H,9-10,13-14,17-24H2,1-6H3/t25-,26-,27-,28-,31+,32+,33+,34+,35?,36?,37-,38-,39+,40+,41-,42-/m1/s1. The van der Waals surface area contributed by atoms with Gasteiger partial charge in [-0.3, -0.25) is 0 Å². The molecule has 290 valence electrons. The highest BCUT2D eigenvalue weighted by Gasteiger charge is 2.71. The molecule has 11 heteroatoms. The lowest BCUT2D eigenvalue weighted by molar-refractivity contribution is -0.577. The van der Waals surface area contributed by atoms with Crippen molar-refractivity contribution < 1.29 is 48.0 Å². The van der Waals surface area contributed by atoms with Crippen molar-refractivity contribution in [3.63, 3.8) is 0 Å². The molecule has 8 saturated heterocycles. The Morgan fingerprint density at radius 3 is 1.53 bits per heavy atom. The monoisotopic (exact) mass is 752 g/mol. The Kier molecular flexibility index (Phi) is 9.86. The van der Waals surface area contributed by atoms with Crippen molar-refractivity contribution >= 4 is 11.3 Å². The summed E-state index contributed by atoms with van der Waals surface area (Å²) in [6.07, 6.45) is 7.57. The zero-order chi connectivity index (χ0) is 36.6. The molecule has 0 amide bonds. The van der Waals surface area contributed by atoms with Crippen LogP contribution < -0.4 is 0 Å². The van der Waals surface area contributed by atoms with Crippen LogP contribution in [0.2, 0.25) is 0 Å². The fraction of sp³-hybridized carbons (Fsp3) is 0.810. The van der Waals surface area contributed by atoms with E-state index < -0.39 is 35.4 Å². The highest BCUT2D eigenvalue weighted by molar-refractivity contribution is 7.13. The summed E-state index contributed by atoms with van der Waals surface area (Å²) in [6.45, 7) is 14.0. The SMILES string of the molecule is C[C@@H]1CC[C@H]2[C@@H](C)C(OCCC#Cc3ccc(C#CCCOC4O[C@@H]5O[C@]6(C)CC[C@H]7[C@H](C)CC[C@@H]([C@H]4C)[C@@]57OO6)s3)O[C@@H]3O[C@]4(C)CC[C@@H]1[C@]32OO4. The highest BCUT2D eigenvalue weighted by Crippen LogP contribution is 2.62. The minimum atomic E-state index is -0.786. The third-order valence-corrected chi connectivity index (χ3v) is 15.2. The molecule has 10 nitrogen and oxygen atoms in total. The first-order valence-corrected chi connectivity index (χ1v) is 21.1. The second-order valence-corrected chi connectivity index (χ2v) is 18.6. The number of hydrogen-bond acceptors (Lipinski definition) is 11. The number of thiophene rings is 1. The summed E-state index contributed by atoms with van der Waals surface area (Å²) in [5.74, 6) is 14.1. The van der Waals surface area contributed by atoms with E-state index in [2.05, 4.69) is 51.4 Å². The Hall–Kier alpha value is -1.58. The largest absolute Gasteiger partial charge is 0.351 e. The smallest absolute Gasteiger partial charge is 0.201 e. The van der Waals surface area contributed by atoms with Gasteiger partial charge in [-0.2, -0.15) is 0 Å². The molecule has 0 radical (unpaired) electrons. The summed E-state index contributed by atoms with van der Waals surface area (Å²) < 4.78 is 38.6. The molecule has 0 aromatic carbocycles. The fourth-order valence-electron chi connectivity index (χ4n) is 11.3. The van der Waals surface area contributed by atoms with Crippen molar-refractivity contribution in [1.29, 1.82) is 0 Å². The van der Waals surface area contributed by atoms with Crippen molar-refractivity contribution in [1.82, 2.24) is 0 Å². The molecule has 1 aromatic heterocycles. The molecule has 9 heterocycles. The first-order chi connectivity index (χ1) is 25.5. The summed E-state index contributed by atoms with van der Waals surface area (Å²) in [5.41, 5.74) is -1.14. The second kappa shape index (κ2) is 14.1. The molecule has 10 fully saturated rings. The van der Waals surface area contributed by atoms with Crippen LogP contribution in [0.1, 0.15) is 116 Å². The van der Waals surface area contributed by atoms with Gasteiger partial charge in [0.25, 0.3) is 0 Å². The third kappa shape index (κ3) is 6.26. The van der Waals surface area contributed by atoms with Gasteiger partial charge in [0, 0.05) is 49.4 Å². The Morgan fingerprint density at radius 1 is 0.623 bits per heavy atom. The van der Waals surface area contributed by atoms with Crippen LogP contribution >= 0.6 is 11.3 Å². The number of hydrogen-bond donors (Lipinski definition) is 0. The van der Waals surface area contributed by atoms with Gasteiger partial charge in [0.1, 0.15) is 0 Å². The quantitative estimate of drug-likeness (QED) is 0.164. The first kappa shape index (κ1) is 37.0. The molecule has 1 aromatic rings. The van der Waals surface area contributed by atoms with Crippen LogP contribution in [0.3, 0.4) is 0 Å². The lowest BCUT2D eigenvalue weighted by Crippen LogP contribution is -2.70. The average Bonchev–Trinajstić information content (AvgIpc) is 3.29. The molecule has 0 N–H and O–H groups in total. The molecule has 2 saturated carbocycles. The lowest BCUT2D eigenvalue weighted by atomic mass is 9.58. The van der Waals surface area contributed by atoms with Gasteiger partial charge in [-0.25, -0.2) is 19.6 Å². The molecule has 10 aliphatic rings. The second-order valence-electron chi connectivity index (χ2n) is 17.6. The molecular weight excluding hydrogens is 697 g/mol. The van der Waals surface area contributed by atoms with Gasteiger partial charge < -0.3 is 28.4 Å². The zero-order valence-corrected chi connectivity index (χ0v) is 32.9. The Balaban J connectivity index is 0.749.